The fraction of sp³-hybridized carbons (Fsp3) is 0.176. The van der Waals surface area contributed by atoms with E-state index in [1.165, 1.54) is 0 Å². The SMILES string of the molecule is Cc1c(CC(=O)O)c2cccnc2n1Cc1ccc(Br)cc1. The Morgan fingerprint density at radius 1 is 1.27 bits per heavy atom. The van der Waals surface area contributed by atoms with Gasteiger partial charge in [0, 0.05) is 28.3 Å². The topological polar surface area (TPSA) is 55.1 Å². The number of carboxylic acid groups (broad SMARTS) is 1. The smallest absolute Gasteiger partial charge is 0.307 e. The van der Waals surface area contributed by atoms with Crippen LogP contribution >= 0.6 is 15.9 Å². The number of fused-ring (bicyclic) bond motifs is 1. The summed E-state index contributed by atoms with van der Waals surface area (Å²) >= 11 is 3.43. The van der Waals surface area contributed by atoms with Gasteiger partial charge in [-0.3, -0.25) is 4.79 Å². The molecule has 0 amide bonds. The van der Waals surface area contributed by atoms with E-state index in [0.717, 1.165) is 32.3 Å². The fourth-order valence-corrected chi connectivity index (χ4v) is 2.97. The van der Waals surface area contributed by atoms with Crippen molar-refractivity contribution in [1.82, 2.24) is 9.55 Å². The molecule has 0 fully saturated rings. The molecular formula is C17H15BrN2O2. The molecule has 3 aromatic rings. The lowest BCUT2D eigenvalue weighted by Gasteiger charge is -2.08. The third-order valence-corrected chi connectivity index (χ3v) is 4.32. The van der Waals surface area contributed by atoms with E-state index in [4.69, 9.17) is 5.11 Å². The summed E-state index contributed by atoms with van der Waals surface area (Å²) in [6, 6.07) is 11.9. The average molecular weight is 359 g/mol. The van der Waals surface area contributed by atoms with Crippen molar-refractivity contribution in [2.45, 2.75) is 19.9 Å². The van der Waals surface area contributed by atoms with E-state index in [-0.39, 0.29) is 6.42 Å². The van der Waals surface area contributed by atoms with Crippen LogP contribution in [-0.4, -0.2) is 20.6 Å². The van der Waals surface area contributed by atoms with Crippen molar-refractivity contribution in [3.8, 4) is 0 Å². The van der Waals surface area contributed by atoms with Crippen molar-refractivity contribution in [1.29, 1.82) is 0 Å². The molecule has 0 saturated carbocycles. The molecule has 0 bridgehead atoms. The molecule has 1 aromatic carbocycles. The van der Waals surface area contributed by atoms with Crippen LogP contribution in [0.1, 0.15) is 16.8 Å². The zero-order valence-electron chi connectivity index (χ0n) is 12.1. The molecule has 0 atom stereocenters. The van der Waals surface area contributed by atoms with Crippen LogP contribution in [0.5, 0.6) is 0 Å². The molecule has 2 aromatic heterocycles. The predicted octanol–water partition coefficient (Wildman–Crippen LogP) is 3.78. The molecular weight excluding hydrogens is 344 g/mol. The highest BCUT2D eigenvalue weighted by atomic mass is 79.9. The Hall–Kier alpha value is -2.14. The van der Waals surface area contributed by atoms with E-state index in [1.807, 2.05) is 31.2 Å². The average Bonchev–Trinajstić information content (AvgIpc) is 2.75. The van der Waals surface area contributed by atoms with Crippen LogP contribution in [0.2, 0.25) is 0 Å². The van der Waals surface area contributed by atoms with Gasteiger partial charge in [-0.2, -0.15) is 0 Å². The van der Waals surface area contributed by atoms with Crippen LogP contribution < -0.4 is 0 Å². The monoisotopic (exact) mass is 358 g/mol. The summed E-state index contributed by atoms with van der Waals surface area (Å²) in [5.41, 5.74) is 3.78. The molecule has 4 nitrogen and oxygen atoms in total. The van der Waals surface area contributed by atoms with Crippen molar-refractivity contribution in [3.63, 3.8) is 0 Å². The van der Waals surface area contributed by atoms with Gasteiger partial charge in [0.05, 0.1) is 6.42 Å². The lowest BCUT2D eigenvalue weighted by Crippen LogP contribution is -2.05. The Morgan fingerprint density at radius 2 is 2.00 bits per heavy atom. The van der Waals surface area contributed by atoms with Gasteiger partial charge >= 0.3 is 5.97 Å². The molecule has 2 heterocycles. The molecule has 112 valence electrons. The summed E-state index contributed by atoms with van der Waals surface area (Å²) in [6.45, 7) is 2.63. The first-order valence-corrected chi connectivity index (χ1v) is 7.74. The molecule has 0 saturated heterocycles. The Balaban J connectivity index is 2.10. The minimum atomic E-state index is -0.824. The lowest BCUT2D eigenvalue weighted by molar-refractivity contribution is -0.136. The molecule has 5 heteroatoms. The van der Waals surface area contributed by atoms with Crippen molar-refractivity contribution in [2.75, 3.05) is 0 Å². The first-order chi connectivity index (χ1) is 10.6. The number of benzene rings is 1. The Labute approximate surface area is 136 Å². The van der Waals surface area contributed by atoms with Gasteiger partial charge < -0.3 is 9.67 Å². The zero-order valence-corrected chi connectivity index (χ0v) is 13.7. The minimum absolute atomic E-state index is 0.0152. The second-order valence-corrected chi connectivity index (χ2v) is 6.14. The normalized spacial score (nSPS) is 11.0. The van der Waals surface area contributed by atoms with Gasteiger partial charge in [0.1, 0.15) is 5.65 Å². The van der Waals surface area contributed by atoms with Crippen LogP contribution in [0.25, 0.3) is 11.0 Å². The number of carboxylic acids is 1. The van der Waals surface area contributed by atoms with Gasteiger partial charge in [-0.25, -0.2) is 4.98 Å². The molecule has 0 spiro atoms. The van der Waals surface area contributed by atoms with E-state index >= 15 is 0 Å². The minimum Gasteiger partial charge on any atom is -0.481 e. The first-order valence-electron chi connectivity index (χ1n) is 6.95. The molecule has 0 aliphatic rings. The summed E-state index contributed by atoms with van der Waals surface area (Å²) in [7, 11) is 0. The molecule has 22 heavy (non-hydrogen) atoms. The third kappa shape index (κ3) is 2.76. The third-order valence-electron chi connectivity index (χ3n) is 3.79. The molecule has 0 aliphatic heterocycles. The van der Waals surface area contributed by atoms with E-state index in [0.29, 0.717) is 6.54 Å². The second-order valence-electron chi connectivity index (χ2n) is 5.22. The van der Waals surface area contributed by atoms with Crippen molar-refractivity contribution >= 4 is 32.9 Å². The van der Waals surface area contributed by atoms with Crippen molar-refractivity contribution in [3.05, 3.63) is 63.9 Å². The van der Waals surface area contributed by atoms with E-state index in [9.17, 15) is 4.79 Å². The summed E-state index contributed by atoms with van der Waals surface area (Å²) in [4.78, 5) is 15.6. The summed E-state index contributed by atoms with van der Waals surface area (Å²) in [5, 5.41) is 10.1. The maximum Gasteiger partial charge on any atom is 0.307 e. The summed E-state index contributed by atoms with van der Waals surface area (Å²) < 4.78 is 3.12. The fourth-order valence-electron chi connectivity index (χ4n) is 2.70. The predicted molar refractivity (Wildman–Crippen MR) is 89.1 cm³/mol. The van der Waals surface area contributed by atoms with E-state index in [1.54, 1.807) is 6.20 Å². The van der Waals surface area contributed by atoms with Gasteiger partial charge in [0.25, 0.3) is 0 Å². The molecule has 0 aliphatic carbocycles. The van der Waals surface area contributed by atoms with Gasteiger partial charge in [0.2, 0.25) is 0 Å². The molecule has 0 unspecified atom stereocenters. The molecule has 1 N–H and O–H groups in total. The van der Waals surface area contributed by atoms with Crippen LogP contribution in [0.4, 0.5) is 0 Å². The summed E-state index contributed by atoms with van der Waals surface area (Å²) in [5.74, 6) is -0.824. The number of carbonyl (C=O) groups is 1. The van der Waals surface area contributed by atoms with Gasteiger partial charge in [0.15, 0.2) is 0 Å². The number of aliphatic carboxylic acids is 1. The Kier molecular flexibility index (Phi) is 3.98. The van der Waals surface area contributed by atoms with E-state index in [2.05, 4.69) is 37.6 Å². The Bertz CT molecular complexity index is 838. The molecule has 0 radical (unpaired) electrons. The highest BCUT2D eigenvalue weighted by Gasteiger charge is 2.17. The number of hydrogen-bond donors (Lipinski definition) is 1. The lowest BCUT2D eigenvalue weighted by atomic mass is 10.1. The highest BCUT2D eigenvalue weighted by molar-refractivity contribution is 9.10. The zero-order chi connectivity index (χ0) is 15.7. The number of nitrogens with zero attached hydrogens (tertiary/aromatic N) is 2. The van der Waals surface area contributed by atoms with E-state index < -0.39 is 5.97 Å². The van der Waals surface area contributed by atoms with Gasteiger partial charge in [-0.05, 0) is 42.3 Å². The number of hydrogen-bond acceptors (Lipinski definition) is 2. The highest BCUT2D eigenvalue weighted by Crippen LogP contribution is 2.26. The number of aromatic nitrogens is 2. The molecule has 3 rings (SSSR count). The quantitative estimate of drug-likeness (QED) is 0.771. The largest absolute Gasteiger partial charge is 0.481 e. The van der Waals surface area contributed by atoms with Gasteiger partial charge in [-0.1, -0.05) is 28.1 Å². The van der Waals surface area contributed by atoms with Gasteiger partial charge in [-0.15, -0.1) is 0 Å². The number of pyridine rings is 1. The van der Waals surface area contributed by atoms with Crippen LogP contribution in [0.3, 0.4) is 0 Å². The van der Waals surface area contributed by atoms with Crippen molar-refractivity contribution < 1.29 is 9.90 Å². The number of halogens is 1. The summed E-state index contributed by atoms with van der Waals surface area (Å²) in [6.07, 6.45) is 1.76. The standard InChI is InChI=1S/C17H15BrN2O2/c1-11-15(9-16(21)22)14-3-2-8-19-17(14)20(11)10-12-4-6-13(18)7-5-12/h2-8H,9-10H2,1H3,(H,21,22). The number of rotatable bonds is 4. The van der Waals surface area contributed by atoms with Crippen LogP contribution in [-0.2, 0) is 17.8 Å². The Morgan fingerprint density at radius 3 is 2.68 bits per heavy atom. The van der Waals surface area contributed by atoms with Crippen molar-refractivity contribution in [2.24, 2.45) is 0 Å². The first kappa shape index (κ1) is 14.8. The second kappa shape index (κ2) is 5.93. The van der Waals surface area contributed by atoms with Crippen LogP contribution in [0.15, 0.2) is 47.1 Å². The van der Waals surface area contributed by atoms with Crippen LogP contribution in [0, 0.1) is 6.92 Å². The maximum atomic E-state index is 11.1. The maximum absolute atomic E-state index is 11.1.